The number of carbonyl (C=O) groups is 2. The molecule has 0 aliphatic rings. The van der Waals surface area contributed by atoms with Crippen LogP contribution in [0.2, 0.25) is 0 Å². The molecule has 2 N–H and O–H groups in total. The Labute approximate surface area is 140 Å². The highest BCUT2D eigenvalue weighted by molar-refractivity contribution is 7.98. The lowest BCUT2D eigenvalue weighted by Gasteiger charge is -2.16. The third-order valence-electron chi connectivity index (χ3n) is 3.41. The second-order valence-electron chi connectivity index (χ2n) is 5.22. The SMILES string of the molecule is CSc1cccc(NC(C)C(=O)Nc2ccc(C(C)=O)cc2)c1. The van der Waals surface area contributed by atoms with E-state index in [9.17, 15) is 9.59 Å². The molecule has 2 aromatic carbocycles. The molecular weight excluding hydrogens is 308 g/mol. The largest absolute Gasteiger partial charge is 0.374 e. The molecule has 0 saturated carbocycles. The Morgan fingerprint density at radius 2 is 1.74 bits per heavy atom. The number of carbonyl (C=O) groups excluding carboxylic acids is 2. The van der Waals surface area contributed by atoms with Gasteiger partial charge in [0.25, 0.3) is 0 Å². The quantitative estimate of drug-likeness (QED) is 0.620. The Hall–Kier alpha value is -2.27. The van der Waals surface area contributed by atoms with Crippen molar-refractivity contribution < 1.29 is 9.59 Å². The van der Waals surface area contributed by atoms with E-state index in [1.807, 2.05) is 37.4 Å². The Bertz CT molecular complexity index is 698. The van der Waals surface area contributed by atoms with Crippen molar-refractivity contribution in [2.75, 3.05) is 16.9 Å². The predicted molar refractivity (Wildman–Crippen MR) is 96.4 cm³/mol. The molecule has 23 heavy (non-hydrogen) atoms. The van der Waals surface area contributed by atoms with E-state index in [2.05, 4.69) is 10.6 Å². The third-order valence-corrected chi connectivity index (χ3v) is 4.13. The smallest absolute Gasteiger partial charge is 0.246 e. The van der Waals surface area contributed by atoms with E-state index in [1.165, 1.54) is 6.92 Å². The first-order valence-electron chi connectivity index (χ1n) is 7.32. The zero-order valence-corrected chi connectivity index (χ0v) is 14.2. The van der Waals surface area contributed by atoms with Gasteiger partial charge in [0.1, 0.15) is 6.04 Å². The van der Waals surface area contributed by atoms with E-state index in [0.717, 1.165) is 10.6 Å². The van der Waals surface area contributed by atoms with Gasteiger partial charge in [0.15, 0.2) is 5.78 Å². The second-order valence-corrected chi connectivity index (χ2v) is 6.10. The molecule has 1 unspecified atom stereocenters. The molecule has 0 bridgehead atoms. The van der Waals surface area contributed by atoms with Gasteiger partial charge in [0.05, 0.1) is 0 Å². The van der Waals surface area contributed by atoms with Crippen molar-refractivity contribution in [3.8, 4) is 0 Å². The van der Waals surface area contributed by atoms with Gasteiger partial charge in [-0.1, -0.05) is 6.07 Å². The summed E-state index contributed by atoms with van der Waals surface area (Å²) in [6.45, 7) is 3.33. The Morgan fingerprint density at radius 3 is 2.35 bits per heavy atom. The van der Waals surface area contributed by atoms with Gasteiger partial charge in [0, 0.05) is 21.8 Å². The number of anilines is 2. The van der Waals surface area contributed by atoms with Crippen LogP contribution in [0.1, 0.15) is 24.2 Å². The average Bonchev–Trinajstić information content (AvgIpc) is 2.55. The zero-order valence-electron chi connectivity index (χ0n) is 13.4. The summed E-state index contributed by atoms with van der Waals surface area (Å²) >= 11 is 1.66. The molecule has 1 amide bonds. The Balaban J connectivity index is 1.97. The Morgan fingerprint density at radius 1 is 1.04 bits per heavy atom. The second kappa shape index (κ2) is 7.83. The lowest BCUT2D eigenvalue weighted by Crippen LogP contribution is -2.31. The minimum absolute atomic E-state index is 0.00610. The van der Waals surface area contributed by atoms with Crippen molar-refractivity contribution in [1.82, 2.24) is 0 Å². The van der Waals surface area contributed by atoms with E-state index >= 15 is 0 Å². The summed E-state index contributed by atoms with van der Waals surface area (Å²) in [5.41, 5.74) is 2.21. The molecule has 1 atom stereocenters. The van der Waals surface area contributed by atoms with Gasteiger partial charge < -0.3 is 10.6 Å². The lowest BCUT2D eigenvalue weighted by atomic mass is 10.1. The zero-order chi connectivity index (χ0) is 16.8. The van der Waals surface area contributed by atoms with Crippen LogP contribution in [0.25, 0.3) is 0 Å². The van der Waals surface area contributed by atoms with E-state index in [0.29, 0.717) is 11.3 Å². The molecule has 4 nitrogen and oxygen atoms in total. The Kier molecular flexibility index (Phi) is 5.82. The highest BCUT2D eigenvalue weighted by Gasteiger charge is 2.13. The molecule has 2 aromatic rings. The molecule has 0 aliphatic carbocycles. The van der Waals surface area contributed by atoms with Gasteiger partial charge in [-0.2, -0.15) is 0 Å². The first-order chi connectivity index (χ1) is 11.0. The monoisotopic (exact) mass is 328 g/mol. The van der Waals surface area contributed by atoms with Crippen molar-refractivity contribution in [3.63, 3.8) is 0 Å². The molecule has 0 spiro atoms. The van der Waals surface area contributed by atoms with Crippen molar-refractivity contribution >= 4 is 34.8 Å². The maximum absolute atomic E-state index is 12.2. The van der Waals surface area contributed by atoms with E-state index < -0.39 is 0 Å². The van der Waals surface area contributed by atoms with Crippen LogP contribution in [0.4, 0.5) is 11.4 Å². The van der Waals surface area contributed by atoms with Crippen LogP contribution in [0, 0.1) is 0 Å². The first-order valence-corrected chi connectivity index (χ1v) is 8.54. The van der Waals surface area contributed by atoms with Gasteiger partial charge in [-0.25, -0.2) is 0 Å². The summed E-state index contributed by atoms with van der Waals surface area (Å²) in [7, 11) is 0. The normalized spacial score (nSPS) is 11.6. The summed E-state index contributed by atoms with van der Waals surface area (Å²) in [6, 6.07) is 14.4. The van der Waals surface area contributed by atoms with Crippen LogP contribution in [-0.2, 0) is 4.79 Å². The third kappa shape index (κ3) is 4.86. The molecule has 2 rings (SSSR count). The number of Topliss-reactive ketones (excluding diaryl/α,β-unsaturated/α-hetero) is 1. The predicted octanol–water partition coefficient (Wildman–Crippen LogP) is 4.05. The van der Waals surface area contributed by atoms with Gasteiger partial charge in [-0.15, -0.1) is 11.8 Å². The molecule has 0 saturated heterocycles. The number of hydrogen-bond acceptors (Lipinski definition) is 4. The van der Waals surface area contributed by atoms with Crippen LogP contribution >= 0.6 is 11.8 Å². The molecule has 0 heterocycles. The summed E-state index contributed by atoms with van der Waals surface area (Å²) in [4.78, 5) is 24.6. The number of amides is 1. The highest BCUT2D eigenvalue weighted by Crippen LogP contribution is 2.19. The van der Waals surface area contributed by atoms with E-state index in [4.69, 9.17) is 0 Å². The molecule has 0 fully saturated rings. The van der Waals surface area contributed by atoms with Crippen LogP contribution in [0.5, 0.6) is 0 Å². The number of hydrogen-bond donors (Lipinski definition) is 2. The first kappa shape index (κ1) is 17.1. The van der Waals surface area contributed by atoms with Crippen molar-refractivity contribution in [3.05, 3.63) is 54.1 Å². The lowest BCUT2D eigenvalue weighted by molar-refractivity contribution is -0.116. The number of benzene rings is 2. The number of rotatable bonds is 6. The molecule has 0 radical (unpaired) electrons. The summed E-state index contributed by atoms with van der Waals surface area (Å²) in [5, 5.41) is 6.03. The fourth-order valence-corrected chi connectivity index (χ4v) is 2.53. The number of nitrogens with one attached hydrogen (secondary N) is 2. The van der Waals surface area contributed by atoms with Crippen LogP contribution in [0.15, 0.2) is 53.4 Å². The van der Waals surface area contributed by atoms with Gasteiger partial charge in [0.2, 0.25) is 5.91 Å². The molecule has 5 heteroatoms. The minimum atomic E-state index is -0.375. The summed E-state index contributed by atoms with van der Waals surface area (Å²) in [6.07, 6.45) is 2.01. The van der Waals surface area contributed by atoms with Gasteiger partial charge in [-0.3, -0.25) is 9.59 Å². The van der Waals surface area contributed by atoms with Crippen LogP contribution in [-0.4, -0.2) is 24.0 Å². The summed E-state index contributed by atoms with van der Waals surface area (Å²) < 4.78 is 0. The number of ketones is 1. The van der Waals surface area contributed by atoms with Crippen molar-refractivity contribution in [2.45, 2.75) is 24.8 Å². The highest BCUT2D eigenvalue weighted by atomic mass is 32.2. The average molecular weight is 328 g/mol. The maximum Gasteiger partial charge on any atom is 0.246 e. The van der Waals surface area contributed by atoms with Crippen molar-refractivity contribution in [1.29, 1.82) is 0 Å². The van der Waals surface area contributed by atoms with Crippen LogP contribution < -0.4 is 10.6 Å². The standard InChI is InChI=1S/C18H20N2O2S/c1-12(19-16-5-4-6-17(11-16)23-3)18(22)20-15-9-7-14(8-10-15)13(2)21/h4-12,19H,1-3H3,(H,20,22). The van der Waals surface area contributed by atoms with Gasteiger partial charge in [-0.05, 0) is 62.6 Å². The number of thioether (sulfide) groups is 1. The topological polar surface area (TPSA) is 58.2 Å². The maximum atomic E-state index is 12.2. The molecule has 120 valence electrons. The summed E-state index contributed by atoms with van der Waals surface area (Å²) in [5.74, 6) is -0.123. The van der Waals surface area contributed by atoms with Crippen LogP contribution in [0.3, 0.4) is 0 Å². The van der Waals surface area contributed by atoms with Gasteiger partial charge >= 0.3 is 0 Å². The molecule has 0 aromatic heterocycles. The fourth-order valence-electron chi connectivity index (χ4n) is 2.07. The minimum Gasteiger partial charge on any atom is -0.374 e. The van der Waals surface area contributed by atoms with E-state index in [-0.39, 0.29) is 17.7 Å². The van der Waals surface area contributed by atoms with E-state index in [1.54, 1.807) is 36.0 Å². The van der Waals surface area contributed by atoms with Crippen molar-refractivity contribution in [2.24, 2.45) is 0 Å². The fraction of sp³-hybridized carbons (Fsp3) is 0.222. The molecule has 0 aliphatic heterocycles. The molecular formula is C18H20N2O2S.